The first-order chi connectivity index (χ1) is 5.80. The van der Waals surface area contributed by atoms with Gasteiger partial charge in [0, 0.05) is 11.9 Å². The SMILES string of the molecule is CCc1cnc(C2(CO)CC2)[nH]1. The average molecular weight is 166 g/mol. The second-order valence-corrected chi connectivity index (χ2v) is 3.55. The number of aliphatic hydroxyl groups is 1. The van der Waals surface area contributed by atoms with E-state index in [1.54, 1.807) is 0 Å². The van der Waals surface area contributed by atoms with E-state index in [0.29, 0.717) is 0 Å². The molecule has 1 aliphatic rings. The van der Waals surface area contributed by atoms with Gasteiger partial charge in [-0.3, -0.25) is 0 Å². The number of nitrogens with zero attached hydrogens (tertiary/aromatic N) is 1. The van der Waals surface area contributed by atoms with Crippen molar-refractivity contribution in [1.82, 2.24) is 9.97 Å². The Morgan fingerprint density at radius 1 is 1.67 bits per heavy atom. The molecule has 1 aromatic rings. The Balaban J connectivity index is 2.23. The van der Waals surface area contributed by atoms with Gasteiger partial charge in [-0.2, -0.15) is 0 Å². The van der Waals surface area contributed by atoms with Gasteiger partial charge in [-0.1, -0.05) is 6.92 Å². The van der Waals surface area contributed by atoms with Crippen molar-refractivity contribution in [2.75, 3.05) is 6.61 Å². The number of aromatic nitrogens is 2. The lowest BCUT2D eigenvalue weighted by Crippen LogP contribution is -2.13. The van der Waals surface area contributed by atoms with E-state index < -0.39 is 0 Å². The number of rotatable bonds is 3. The molecule has 3 heteroatoms. The molecule has 1 heterocycles. The zero-order valence-electron chi connectivity index (χ0n) is 7.30. The fraction of sp³-hybridized carbons (Fsp3) is 0.667. The van der Waals surface area contributed by atoms with Gasteiger partial charge in [-0.25, -0.2) is 4.98 Å². The molecule has 0 unspecified atom stereocenters. The van der Waals surface area contributed by atoms with Gasteiger partial charge in [-0.15, -0.1) is 0 Å². The standard InChI is InChI=1S/C9H14N2O/c1-2-7-5-10-8(11-7)9(6-12)3-4-9/h5,12H,2-4,6H2,1H3,(H,10,11). The smallest absolute Gasteiger partial charge is 0.114 e. The summed E-state index contributed by atoms with van der Waals surface area (Å²) in [6, 6.07) is 0. The molecule has 2 N–H and O–H groups in total. The number of hydrogen-bond donors (Lipinski definition) is 2. The fourth-order valence-corrected chi connectivity index (χ4v) is 1.43. The second kappa shape index (κ2) is 2.59. The first-order valence-electron chi connectivity index (χ1n) is 4.46. The number of hydrogen-bond acceptors (Lipinski definition) is 2. The van der Waals surface area contributed by atoms with Gasteiger partial charge in [-0.05, 0) is 19.3 Å². The third-order valence-corrected chi connectivity index (χ3v) is 2.67. The van der Waals surface area contributed by atoms with Crippen LogP contribution in [0.4, 0.5) is 0 Å². The van der Waals surface area contributed by atoms with Gasteiger partial charge in [0.2, 0.25) is 0 Å². The van der Waals surface area contributed by atoms with Crippen LogP contribution in [0.5, 0.6) is 0 Å². The number of imidazole rings is 1. The predicted molar refractivity (Wildman–Crippen MR) is 46.0 cm³/mol. The predicted octanol–water partition coefficient (Wildman–Crippen LogP) is 0.996. The van der Waals surface area contributed by atoms with Crippen molar-refractivity contribution in [3.8, 4) is 0 Å². The Morgan fingerprint density at radius 3 is 2.83 bits per heavy atom. The van der Waals surface area contributed by atoms with Crippen molar-refractivity contribution in [3.63, 3.8) is 0 Å². The number of aliphatic hydroxyl groups excluding tert-OH is 1. The minimum absolute atomic E-state index is 0.00653. The largest absolute Gasteiger partial charge is 0.395 e. The summed E-state index contributed by atoms with van der Waals surface area (Å²) in [5.74, 6) is 0.974. The Morgan fingerprint density at radius 2 is 2.42 bits per heavy atom. The molecule has 12 heavy (non-hydrogen) atoms. The highest BCUT2D eigenvalue weighted by Crippen LogP contribution is 2.46. The Labute approximate surface area is 71.8 Å². The van der Waals surface area contributed by atoms with Gasteiger partial charge in [0.25, 0.3) is 0 Å². The molecular weight excluding hydrogens is 152 g/mol. The monoisotopic (exact) mass is 166 g/mol. The fourth-order valence-electron chi connectivity index (χ4n) is 1.43. The minimum Gasteiger partial charge on any atom is -0.395 e. The topological polar surface area (TPSA) is 48.9 Å². The summed E-state index contributed by atoms with van der Waals surface area (Å²) in [7, 11) is 0. The van der Waals surface area contributed by atoms with Gasteiger partial charge in [0.15, 0.2) is 0 Å². The van der Waals surface area contributed by atoms with E-state index in [2.05, 4.69) is 16.9 Å². The van der Waals surface area contributed by atoms with Crippen molar-refractivity contribution >= 4 is 0 Å². The molecule has 0 bridgehead atoms. The summed E-state index contributed by atoms with van der Waals surface area (Å²) in [6.07, 6.45) is 4.99. The van der Waals surface area contributed by atoms with Crippen LogP contribution in [0.3, 0.4) is 0 Å². The van der Waals surface area contributed by atoms with Crippen LogP contribution in [-0.4, -0.2) is 21.7 Å². The van der Waals surface area contributed by atoms with Crippen LogP contribution >= 0.6 is 0 Å². The van der Waals surface area contributed by atoms with Gasteiger partial charge in [0.05, 0.1) is 12.0 Å². The summed E-state index contributed by atoms with van der Waals surface area (Å²) in [6.45, 7) is 2.32. The Hall–Kier alpha value is -0.830. The molecule has 3 nitrogen and oxygen atoms in total. The van der Waals surface area contributed by atoms with Crippen molar-refractivity contribution in [3.05, 3.63) is 17.7 Å². The quantitative estimate of drug-likeness (QED) is 0.703. The highest BCUT2D eigenvalue weighted by atomic mass is 16.3. The van der Waals surface area contributed by atoms with Crippen molar-refractivity contribution in [2.24, 2.45) is 0 Å². The average Bonchev–Trinajstić information content (AvgIpc) is 2.77. The molecule has 66 valence electrons. The van der Waals surface area contributed by atoms with Crippen LogP contribution in [0.25, 0.3) is 0 Å². The molecular formula is C9H14N2O. The molecule has 0 aliphatic heterocycles. The van der Waals surface area contributed by atoms with E-state index in [9.17, 15) is 0 Å². The van der Waals surface area contributed by atoms with Gasteiger partial charge >= 0.3 is 0 Å². The lowest BCUT2D eigenvalue weighted by molar-refractivity contribution is 0.250. The molecule has 2 rings (SSSR count). The molecule has 1 aliphatic carbocycles. The zero-order chi connectivity index (χ0) is 8.60. The van der Waals surface area contributed by atoms with E-state index in [-0.39, 0.29) is 12.0 Å². The van der Waals surface area contributed by atoms with E-state index in [4.69, 9.17) is 5.11 Å². The third kappa shape index (κ3) is 1.05. The van der Waals surface area contributed by atoms with Crippen LogP contribution < -0.4 is 0 Å². The van der Waals surface area contributed by atoms with Crippen LogP contribution in [-0.2, 0) is 11.8 Å². The summed E-state index contributed by atoms with van der Waals surface area (Å²) in [4.78, 5) is 7.52. The Bertz CT molecular complexity index is 276. The minimum atomic E-state index is -0.00653. The van der Waals surface area contributed by atoms with Crippen molar-refractivity contribution < 1.29 is 5.11 Å². The van der Waals surface area contributed by atoms with Gasteiger partial charge in [0.1, 0.15) is 5.82 Å². The maximum Gasteiger partial charge on any atom is 0.114 e. The molecule has 0 amide bonds. The van der Waals surface area contributed by atoms with E-state index in [1.165, 1.54) is 0 Å². The van der Waals surface area contributed by atoms with Crippen LogP contribution in [0, 0.1) is 0 Å². The summed E-state index contributed by atoms with van der Waals surface area (Å²) in [5, 5.41) is 9.13. The number of nitrogens with one attached hydrogen (secondary N) is 1. The molecule has 1 aromatic heterocycles. The maximum atomic E-state index is 9.13. The summed E-state index contributed by atoms with van der Waals surface area (Å²) >= 11 is 0. The maximum absolute atomic E-state index is 9.13. The summed E-state index contributed by atoms with van der Waals surface area (Å²) in [5.41, 5.74) is 1.15. The molecule has 0 radical (unpaired) electrons. The zero-order valence-corrected chi connectivity index (χ0v) is 7.30. The van der Waals surface area contributed by atoms with Crippen molar-refractivity contribution in [2.45, 2.75) is 31.6 Å². The van der Waals surface area contributed by atoms with E-state index in [0.717, 1.165) is 30.8 Å². The second-order valence-electron chi connectivity index (χ2n) is 3.55. The molecule has 0 aromatic carbocycles. The molecule has 1 saturated carbocycles. The molecule has 0 saturated heterocycles. The highest BCUT2D eigenvalue weighted by molar-refractivity contribution is 5.20. The lowest BCUT2D eigenvalue weighted by Gasteiger charge is -2.06. The van der Waals surface area contributed by atoms with E-state index >= 15 is 0 Å². The molecule has 0 spiro atoms. The number of aryl methyl sites for hydroxylation is 1. The van der Waals surface area contributed by atoms with Crippen LogP contribution in [0.15, 0.2) is 6.20 Å². The third-order valence-electron chi connectivity index (χ3n) is 2.67. The lowest BCUT2D eigenvalue weighted by atomic mass is 10.1. The first kappa shape index (κ1) is 7.80. The molecule has 1 fully saturated rings. The number of aromatic amines is 1. The van der Waals surface area contributed by atoms with E-state index in [1.807, 2.05) is 6.20 Å². The normalized spacial score (nSPS) is 19.5. The van der Waals surface area contributed by atoms with Crippen LogP contribution in [0.1, 0.15) is 31.3 Å². The van der Waals surface area contributed by atoms with Gasteiger partial charge < -0.3 is 10.1 Å². The summed E-state index contributed by atoms with van der Waals surface area (Å²) < 4.78 is 0. The Kier molecular flexibility index (Phi) is 1.68. The first-order valence-corrected chi connectivity index (χ1v) is 4.46. The van der Waals surface area contributed by atoms with Crippen molar-refractivity contribution in [1.29, 1.82) is 0 Å². The number of H-pyrrole nitrogens is 1. The van der Waals surface area contributed by atoms with Crippen LogP contribution in [0.2, 0.25) is 0 Å². The molecule has 0 atom stereocenters. The highest BCUT2D eigenvalue weighted by Gasteiger charge is 2.46.